The van der Waals surface area contributed by atoms with Crippen LogP contribution in [0.4, 0.5) is 4.79 Å². The monoisotopic (exact) mass is 355 g/mol. The van der Waals surface area contributed by atoms with E-state index in [1.54, 1.807) is 11.8 Å². The zero-order valence-electron chi connectivity index (χ0n) is 15.2. The number of amides is 2. The van der Waals surface area contributed by atoms with Gasteiger partial charge in [-0.3, -0.25) is 4.79 Å². The van der Waals surface area contributed by atoms with Gasteiger partial charge in [-0.1, -0.05) is 12.1 Å². The molecule has 1 aliphatic carbocycles. The van der Waals surface area contributed by atoms with Crippen LogP contribution in [0.5, 0.6) is 0 Å². The number of carbonyl (C=O) groups excluding carboxylic acids is 2. The van der Waals surface area contributed by atoms with E-state index in [0.717, 1.165) is 23.9 Å². The molecule has 1 N–H and O–H groups in total. The molecule has 1 aliphatic heterocycles. The van der Waals surface area contributed by atoms with E-state index in [9.17, 15) is 9.59 Å². The van der Waals surface area contributed by atoms with Crippen LogP contribution in [0, 0.1) is 0 Å². The van der Waals surface area contributed by atoms with Crippen molar-refractivity contribution in [3.63, 3.8) is 0 Å². The molecule has 2 amide bonds. The summed E-state index contributed by atoms with van der Waals surface area (Å²) < 4.78 is 5.04. The van der Waals surface area contributed by atoms with Crippen LogP contribution in [0.1, 0.15) is 41.4 Å². The van der Waals surface area contributed by atoms with Crippen molar-refractivity contribution >= 4 is 22.9 Å². The van der Waals surface area contributed by atoms with Gasteiger partial charge in [-0.15, -0.1) is 0 Å². The Bertz CT molecular complexity index is 834. The average molecular weight is 355 g/mol. The molecular formula is C20H25N3O3. The highest BCUT2D eigenvalue weighted by Crippen LogP contribution is 2.31. The second kappa shape index (κ2) is 7.02. The molecule has 1 saturated heterocycles. The first-order chi connectivity index (χ1) is 12.7. The van der Waals surface area contributed by atoms with Crippen molar-refractivity contribution in [3.05, 3.63) is 35.0 Å². The van der Waals surface area contributed by atoms with Crippen LogP contribution in [0.2, 0.25) is 0 Å². The van der Waals surface area contributed by atoms with Crippen molar-refractivity contribution in [1.29, 1.82) is 0 Å². The molecule has 4 rings (SSSR count). The highest BCUT2D eigenvalue weighted by molar-refractivity contribution is 6.06. The van der Waals surface area contributed by atoms with Gasteiger partial charge in [0.2, 0.25) is 0 Å². The predicted octanol–water partition coefficient (Wildman–Crippen LogP) is 2.96. The number of piperazine rings is 1. The van der Waals surface area contributed by atoms with E-state index >= 15 is 0 Å². The highest BCUT2D eigenvalue weighted by Gasteiger charge is 2.27. The van der Waals surface area contributed by atoms with Crippen molar-refractivity contribution in [1.82, 2.24) is 14.8 Å². The van der Waals surface area contributed by atoms with Crippen molar-refractivity contribution in [2.45, 2.75) is 32.6 Å². The fraction of sp³-hybridized carbons (Fsp3) is 0.500. The topological polar surface area (TPSA) is 65.6 Å². The van der Waals surface area contributed by atoms with Crippen LogP contribution in [0.15, 0.2) is 18.2 Å². The molecule has 2 aliphatic rings. The number of aryl methyl sites for hydroxylation is 2. The molecule has 0 unspecified atom stereocenters. The third-order valence-corrected chi connectivity index (χ3v) is 5.46. The number of nitrogens with zero attached hydrogens (tertiary/aromatic N) is 2. The van der Waals surface area contributed by atoms with E-state index in [2.05, 4.69) is 11.1 Å². The Labute approximate surface area is 153 Å². The molecule has 1 aromatic heterocycles. The molecule has 0 atom stereocenters. The Kier molecular flexibility index (Phi) is 4.57. The standard InChI is InChI=1S/C20H25N3O3/c1-2-26-20(25)23-12-10-22(11-13-23)19(24)16-8-5-7-15-14-6-3-4-9-17(14)21-18(15)16/h5,7-8,21H,2-4,6,9-13H2,1H3. The van der Waals surface area contributed by atoms with Gasteiger partial charge in [0, 0.05) is 37.3 Å². The Morgan fingerprint density at radius 3 is 2.58 bits per heavy atom. The van der Waals surface area contributed by atoms with E-state index in [4.69, 9.17) is 4.74 Å². The van der Waals surface area contributed by atoms with Crippen molar-refractivity contribution in [2.24, 2.45) is 0 Å². The number of fused-ring (bicyclic) bond motifs is 3. The van der Waals surface area contributed by atoms with Crippen LogP contribution in [-0.2, 0) is 17.6 Å². The molecule has 26 heavy (non-hydrogen) atoms. The minimum Gasteiger partial charge on any atom is -0.450 e. The predicted molar refractivity (Wildman–Crippen MR) is 99.4 cm³/mol. The minimum atomic E-state index is -0.293. The lowest BCUT2D eigenvalue weighted by Crippen LogP contribution is -2.50. The van der Waals surface area contributed by atoms with E-state index in [0.29, 0.717) is 32.8 Å². The second-order valence-electron chi connectivity index (χ2n) is 7.00. The summed E-state index contributed by atoms with van der Waals surface area (Å²) in [7, 11) is 0. The molecular weight excluding hydrogens is 330 g/mol. The van der Waals surface area contributed by atoms with E-state index in [1.807, 2.05) is 17.0 Å². The number of H-pyrrole nitrogens is 1. The number of hydrogen-bond donors (Lipinski definition) is 1. The molecule has 0 bridgehead atoms. The van der Waals surface area contributed by atoms with Crippen molar-refractivity contribution in [2.75, 3.05) is 32.8 Å². The van der Waals surface area contributed by atoms with Crippen molar-refractivity contribution < 1.29 is 14.3 Å². The Morgan fingerprint density at radius 1 is 1.08 bits per heavy atom. The highest BCUT2D eigenvalue weighted by atomic mass is 16.6. The molecule has 6 nitrogen and oxygen atoms in total. The lowest BCUT2D eigenvalue weighted by Gasteiger charge is -2.34. The number of carbonyl (C=O) groups is 2. The molecule has 1 aromatic carbocycles. The van der Waals surface area contributed by atoms with Gasteiger partial charge in [0.15, 0.2) is 0 Å². The maximum atomic E-state index is 13.1. The molecule has 2 aromatic rings. The van der Waals surface area contributed by atoms with Gasteiger partial charge < -0.3 is 19.5 Å². The molecule has 6 heteroatoms. The molecule has 138 valence electrons. The van der Waals surface area contributed by atoms with E-state index in [-0.39, 0.29) is 12.0 Å². The SMILES string of the molecule is CCOC(=O)N1CCN(C(=O)c2cccc3c4c([nH]c23)CCCC4)CC1. The number of para-hydroxylation sites is 1. The largest absolute Gasteiger partial charge is 0.450 e. The summed E-state index contributed by atoms with van der Waals surface area (Å²) in [6, 6.07) is 6.00. The summed E-state index contributed by atoms with van der Waals surface area (Å²) in [4.78, 5) is 31.9. The number of benzene rings is 1. The first kappa shape index (κ1) is 16.9. The summed E-state index contributed by atoms with van der Waals surface area (Å²) in [5, 5.41) is 1.19. The molecule has 0 spiro atoms. The second-order valence-corrected chi connectivity index (χ2v) is 7.00. The Balaban J connectivity index is 1.54. The van der Waals surface area contributed by atoms with Gasteiger partial charge >= 0.3 is 6.09 Å². The zero-order valence-corrected chi connectivity index (χ0v) is 15.2. The summed E-state index contributed by atoms with van der Waals surface area (Å²) in [5.74, 6) is 0.0395. The number of hydrogen-bond acceptors (Lipinski definition) is 3. The number of rotatable bonds is 2. The quantitative estimate of drug-likeness (QED) is 0.901. The van der Waals surface area contributed by atoms with Gasteiger partial charge in [0.05, 0.1) is 17.7 Å². The Morgan fingerprint density at radius 2 is 1.81 bits per heavy atom. The molecule has 0 saturated carbocycles. The van der Waals surface area contributed by atoms with Crippen LogP contribution in [0.25, 0.3) is 10.9 Å². The van der Waals surface area contributed by atoms with Crippen molar-refractivity contribution in [3.8, 4) is 0 Å². The van der Waals surface area contributed by atoms with Gasteiger partial charge in [-0.05, 0) is 44.2 Å². The Hall–Kier alpha value is -2.50. The van der Waals surface area contributed by atoms with E-state index in [1.165, 1.54) is 29.5 Å². The average Bonchev–Trinajstić information content (AvgIpc) is 3.06. The fourth-order valence-corrected chi connectivity index (χ4v) is 4.09. The smallest absolute Gasteiger partial charge is 0.409 e. The molecule has 1 fully saturated rings. The van der Waals surface area contributed by atoms with Gasteiger partial charge in [-0.2, -0.15) is 0 Å². The van der Waals surface area contributed by atoms with Gasteiger partial charge in [0.25, 0.3) is 5.91 Å². The summed E-state index contributed by atoms with van der Waals surface area (Å²) in [5.41, 5.74) is 4.38. The number of aromatic amines is 1. The maximum Gasteiger partial charge on any atom is 0.409 e. The molecule has 2 heterocycles. The minimum absolute atomic E-state index is 0.0395. The fourth-order valence-electron chi connectivity index (χ4n) is 4.09. The number of aromatic nitrogens is 1. The summed E-state index contributed by atoms with van der Waals surface area (Å²) >= 11 is 0. The van der Waals surface area contributed by atoms with Crippen LogP contribution >= 0.6 is 0 Å². The summed E-state index contributed by atoms with van der Waals surface area (Å²) in [6.45, 7) is 4.28. The van der Waals surface area contributed by atoms with Gasteiger partial charge in [-0.25, -0.2) is 4.79 Å². The molecule has 0 radical (unpaired) electrons. The third-order valence-electron chi connectivity index (χ3n) is 5.46. The first-order valence-corrected chi connectivity index (χ1v) is 9.52. The first-order valence-electron chi connectivity index (χ1n) is 9.52. The number of nitrogens with one attached hydrogen (secondary N) is 1. The van der Waals surface area contributed by atoms with Crippen LogP contribution < -0.4 is 0 Å². The zero-order chi connectivity index (χ0) is 18.1. The van der Waals surface area contributed by atoms with Crippen LogP contribution in [-0.4, -0.2) is 59.6 Å². The third kappa shape index (κ3) is 2.93. The maximum absolute atomic E-state index is 13.1. The van der Waals surface area contributed by atoms with E-state index < -0.39 is 0 Å². The lowest BCUT2D eigenvalue weighted by molar-refractivity contribution is 0.0572. The number of ether oxygens (including phenoxy) is 1. The normalized spacial score (nSPS) is 17.3. The van der Waals surface area contributed by atoms with Crippen LogP contribution in [0.3, 0.4) is 0 Å². The lowest BCUT2D eigenvalue weighted by atomic mass is 9.95. The summed E-state index contributed by atoms with van der Waals surface area (Å²) in [6.07, 6.45) is 4.28. The van der Waals surface area contributed by atoms with Gasteiger partial charge in [0.1, 0.15) is 0 Å².